The summed E-state index contributed by atoms with van der Waals surface area (Å²) < 4.78 is 119. The molecule has 0 saturated carbocycles. The molecule has 0 fully saturated rings. The summed E-state index contributed by atoms with van der Waals surface area (Å²) in [4.78, 5) is 25.8. The second-order valence-electron chi connectivity index (χ2n) is 10.7. The molecular weight excluding hydrogens is 686 g/mol. The van der Waals surface area contributed by atoms with Crippen LogP contribution in [0, 0.1) is 6.92 Å². The SMILES string of the molecule is COc1c(NC(=O)c2ccc(C)c(-n3cc(OC(=O)N[C@H](C)c4ccccc4)nn3)c2)cc(C(C(F)(F)F)C(F)(F)F)cc1NS(C)(=O)=O. The quantitative estimate of drug-likeness (QED) is 0.163. The molecule has 12 nitrogen and oxygen atoms in total. The lowest BCUT2D eigenvalue weighted by Gasteiger charge is -2.25. The Morgan fingerprint density at radius 3 is 2.14 bits per heavy atom. The number of carbonyl (C=O) groups excluding carboxylic acids is 2. The summed E-state index contributed by atoms with van der Waals surface area (Å²) in [7, 11) is -3.27. The van der Waals surface area contributed by atoms with E-state index in [-0.39, 0.29) is 17.1 Å². The van der Waals surface area contributed by atoms with Crippen molar-refractivity contribution in [2.45, 2.75) is 38.2 Å². The van der Waals surface area contributed by atoms with Gasteiger partial charge in [-0.2, -0.15) is 26.3 Å². The van der Waals surface area contributed by atoms with E-state index in [2.05, 4.69) is 20.9 Å². The molecule has 49 heavy (non-hydrogen) atoms. The van der Waals surface area contributed by atoms with Gasteiger partial charge in [-0.25, -0.2) is 17.9 Å². The zero-order chi connectivity index (χ0) is 36.3. The number of amides is 2. The van der Waals surface area contributed by atoms with E-state index < -0.39 is 69.0 Å². The minimum Gasteiger partial charge on any atom is -0.492 e. The number of ether oxygens (including phenoxy) is 2. The van der Waals surface area contributed by atoms with Crippen LogP contribution in [0.2, 0.25) is 0 Å². The maximum Gasteiger partial charge on any atom is 0.414 e. The number of anilines is 2. The van der Waals surface area contributed by atoms with Gasteiger partial charge >= 0.3 is 18.4 Å². The number of nitrogens with one attached hydrogen (secondary N) is 3. The van der Waals surface area contributed by atoms with Crippen molar-refractivity contribution in [2.75, 3.05) is 23.4 Å². The van der Waals surface area contributed by atoms with Gasteiger partial charge in [0.2, 0.25) is 10.0 Å². The van der Waals surface area contributed by atoms with Crippen molar-refractivity contribution < 1.29 is 53.8 Å². The predicted octanol–water partition coefficient (Wildman–Crippen LogP) is 6.27. The average Bonchev–Trinajstić information content (AvgIpc) is 3.43. The lowest BCUT2D eigenvalue weighted by atomic mass is 9.96. The van der Waals surface area contributed by atoms with E-state index in [4.69, 9.17) is 9.47 Å². The first-order valence-electron chi connectivity index (χ1n) is 14.0. The molecular formula is C30H28F6N6O6S. The van der Waals surface area contributed by atoms with Gasteiger partial charge in [-0.1, -0.05) is 46.7 Å². The molecule has 4 rings (SSSR count). The second-order valence-corrected chi connectivity index (χ2v) is 12.4. The van der Waals surface area contributed by atoms with E-state index in [0.717, 1.165) is 12.7 Å². The molecule has 1 heterocycles. The third-order valence-corrected chi connectivity index (χ3v) is 7.46. The highest BCUT2D eigenvalue weighted by Gasteiger charge is 2.57. The number of methoxy groups -OCH3 is 1. The Morgan fingerprint density at radius 2 is 1.55 bits per heavy atom. The molecule has 0 aliphatic carbocycles. The van der Waals surface area contributed by atoms with Crippen molar-refractivity contribution in [1.82, 2.24) is 20.3 Å². The highest BCUT2D eigenvalue weighted by molar-refractivity contribution is 7.92. The van der Waals surface area contributed by atoms with Crippen molar-refractivity contribution in [1.29, 1.82) is 0 Å². The predicted molar refractivity (Wildman–Crippen MR) is 164 cm³/mol. The van der Waals surface area contributed by atoms with E-state index in [1.807, 2.05) is 22.9 Å². The van der Waals surface area contributed by atoms with Gasteiger partial charge in [0.15, 0.2) is 11.7 Å². The van der Waals surface area contributed by atoms with Crippen LogP contribution in [0.4, 0.5) is 42.5 Å². The molecule has 3 aromatic carbocycles. The van der Waals surface area contributed by atoms with Crippen LogP contribution in [0.3, 0.4) is 0 Å². The number of rotatable bonds is 10. The van der Waals surface area contributed by atoms with E-state index >= 15 is 0 Å². The minimum atomic E-state index is -5.83. The van der Waals surface area contributed by atoms with Gasteiger partial charge in [0, 0.05) is 5.56 Å². The minimum absolute atomic E-state index is 0.152. The lowest BCUT2D eigenvalue weighted by molar-refractivity contribution is -0.253. The third kappa shape index (κ3) is 9.18. The fourth-order valence-electron chi connectivity index (χ4n) is 4.70. The maximum absolute atomic E-state index is 13.6. The van der Waals surface area contributed by atoms with Gasteiger partial charge in [-0.3, -0.25) is 9.52 Å². The fraction of sp³-hybridized carbons (Fsp3) is 0.267. The Bertz CT molecular complexity index is 1940. The van der Waals surface area contributed by atoms with Crippen molar-refractivity contribution in [3.63, 3.8) is 0 Å². The number of benzene rings is 3. The molecule has 0 aliphatic heterocycles. The summed E-state index contributed by atoms with van der Waals surface area (Å²) >= 11 is 0. The summed E-state index contributed by atoms with van der Waals surface area (Å²) in [5.74, 6) is -5.82. The number of carbonyl (C=O) groups is 2. The molecule has 4 aromatic rings. The van der Waals surface area contributed by atoms with Crippen molar-refractivity contribution in [2.24, 2.45) is 0 Å². The molecule has 1 atom stereocenters. The summed E-state index contributed by atoms with van der Waals surface area (Å²) in [6, 6.07) is 13.4. The summed E-state index contributed by atoms with van der Waals surface area (Å²) in [6.07, 6.45) is -10.6. The Hall–Kier alpha value is -5.33. The van der Waals surface area contributed by atoms with E-state index in [0.29, 0.717) is 24.0 Å². The Labute approximate surface area is 275 Å². The first-order chi connectivity index (χ1) is 22.8. The van der Waals surface area contributed by atoms with Crippen molar-refractivity contribution in [3.8, 4) is 17.3 Å². The molecule has 0 unspecified atom stereocenters. The summed E-state index contributed by atoms with van der Waals surface area (Å²) in [6.45, 7) is 3.38. The topological polar surface area (TPSA) is 154 Å². The normalized spacial score (nSPS) is 12.7. The number of halogens is 6. The van der Waals surface area contributed by atoms with E-state index in [1.165, 1.54) is 29.1 Å². The van der Waals surface area contributed by atoms with Crippen LogP contribution < -0.4 is 24.8 Å². The molecule has 0 saturated heterocycles. The number of alkyl halides is 6. The number of aryl methyl sites for hydroxylation is 1. The largest absolute Gasteiger partial charge is 0.492 e. The molecule has 1 aromatic heterocycles. The monoisotopic (exact) mass is 714 g/mol. The first-order valence-corrected chi connectivity index (χ1v) is 15.9. The fourth-order valence-corrected chi connectivity index (χ4v) is 5.25. The smallest absolute Gasteiger partial charge is 0.414 e. The molecule has 0 bridgehead atoms. The summed E-state index contributed by atoms with van der Waals surface area (Å²) in [5.41, 5.74) is -1.44. The summed E-state index contributed by atoms with van der Waals surface area (Å²) in [5, 5.41) is 12.5. The van der Waals surface area contributed by atoms with Crippen LogP contribution in [0.15, 0.2) is 66.9 Å². The molecule has 0 spiro atoms. The Morgan fingerprint density at radius 1 is 0.918 bits per heavy atom. The lowest BCUT2D eigenvalue weighted by Crippen LogP contribution is -2.34. The van der Waals surface area contributed by atoms with Crippen LogP contribution in [-0.2, 0) is 10.0 Å². The number of hydrogen-bond donors (Lipinski definition) is 3. The first kappa shape index (κ1) is 36.5. The molecule has 0 aliphatic rings. The molecule has 19 heteroatoms. The average molecular weight is 715 g/mol. The van der Waals surface area contributed by atoms with Gasteiger partial charge in [0.1, 0.15) is 0 Å². The Balaban J connectivity index is 1.63. The van der Waals surface area contributed by atoms with Crippen LogP contribution in [0.25, 0.3) is 5.69 Å². The van der Waals surface area contributed by atoms with Crippen LogP contribution >= 0.6 is 0 Å². The van der Waals surface area contributed by atoms with Crippen LogP contribution in [0.1, 0.15) is 45.9 Å². The van der Waals surface area contributed by atoms with Crippen molar-refractivity contribution in [3.05, 3.63) is 89.1 Å². The number of sulfonamides is 1. The van der Waals surface area contributed by atoms with Gasteiger partial charge < -0.3 is 20.1 Å². The highest BCUT2D eigenvalue weighted by Crippen LogP contribution is 2.49. The molecule has 3 N–H and O–H groups in total. The molecule has 0 radical (unpaired) electrons. The van der Waals surface area contributed by atoms with Gasteiger partial charge in [0.25, 0.3) is 11.8 Å². The molecule has 2 amide bonds. The van der Waals surface area contributed by atoms with E-state index in [1.54, 1.807) is 26.0 Å². The van der Waals surface area contributed by atoms with Gasteiger partial charge in [0.05, 0.1) is 42.7 Å². The number of hydrogen-bond acceptors (Lipinski definition) is 8. The van der Waals surface area contributed by atoms with Crippen LogP contribution in [-0.4, -0.2) is 61.1 Å². The van der Waals surface area contributed by atoms with Gasteiger partial charge in [-0.15, -0.1) is 0 Å². The number of nitrogens with zero attached hydrogens (tertiary/aromatic N) is 3. The Kier molecular flexibility index (Phi) is 10.5. The maximum atomic E-state index is 13.6. The second kappa shape index (κ2) is 14.0. The highest BCUT2D eigenvalue weighted by atomic mass is 32.2. The van der Waals surface area contributed by atoms with Crippen molar-refractivity contribution >= 4 is 33.4 Å². The van der Waals surface area contributed by atoms with Crippen LogP contribution in [0.5, 0.6) is 11.6 Å². The van der Waals surface area contributed by atoms with Gasteiger partial charge in [-0.05, 0) is 54.8 Å². The standard InChI is InChI=1S/C30H28F6N6O6S/c1-16-10-11-19(14-23(16)42-15-24(39-41-42)48-28(44)37-17(2)18-8-6-5-7-9-18)27(43)38-21-12-20(26(29(31,32)33)30(34,35)36)13-22(25(21)47-3)40-49(4,45)46/h5-15,17,26,40H,1-4H3,(H,37,44)(H,38,43)/t17-/m1/s1. The zero-order valence-corrected chi connectivity index (χ0v) is 26.8. The van der Waals surface area contributed by atoms with E-state index in [9.17, 15) is 44.3 Å². The third-order valence-electron chi connectivity index (χ3n) is 6.87. The number of aromatic nitrogens is 3. The molecule has 262 valence electrons. The zero-order valence-electron chi connectivity index (χ0n) is 26.0.